The van der Waals surface area contributed by atoms with Crippen molar-refractivity contribution in [3.8, 4) is 0 Å². The van der Waals surface area contributed by atoms with Crippen molar-refractivity contribution in [2.75, 3.05) is 27.0 Å². The molecule has 0 bridgehead atoms. The van der Waals surface area contributed by atoms with E-state index in [9.17, 15) is 23.7 Å². The third-order valence-electron chi connectivity index (χ3n) is 2.73. The molecule has 0 fully saturated rings. The van der Waals surface area contributed by atoms with E-state index in [2.05, 4.69) is 45.3 Å². The molecule has 196 valence electrons. The fraction of sp³-hybridized carbons (Fsp3) is 0.455. The lowest BCUT2D eigenvalue weighted by Gasteiger charge is -2.14. The van der Waals surface area contributed by atoms with Crippen molar-refractivity contribution in [2.24, 2.45) is 0 Å². The van der Waals surface area contributed by atoms with Crippen molar-refractivity contribution < 1.29 is 51.7 Å². The van der Waals surface area contributed by atoms with Crippen molar-refractivity contribution in [3.63, 3.8) is 0 Å². The first-order chi connectivity index (χ1) is 14.6. The van der Waals surface area contributed by atoms with Gasteiger partial charge in [-0.1, -0.05) is 41.2 Å². The number of rotatable bonds is 12. The molecule has 0 aliphatic rings. The van der Waals surface area contributed by atoms with Crippen molar-refractivity contribution in [3.05, 3.63) is 48.6 Å². The molecule has 12 heteroatoms. The third-order valence-corrected chi connectivity index (χ3v) is 3.88. The smallest absolute Gasteiger partial charge is 0.335 e. The first-order valence-electron chi connectivity index (χ1n) is 8.77. The average molecular weight is 509 g/mol. The largest absolute Gasteiger partial charge is 0.435 e. The maximum atomic E-state index is 11.6. The monoisotopic (exact) mass is 508 g/mol. The van der Waals surface area contributed by atoms with Gasteiger partial charge in [0, 0.05) is 29.0 Å². The minimum absolute atomic E-state index is 0. The molecule has 11 nitrogen and oxygen atoms in total. The van der Waals surface area contributed by atoms with Crippen LogP contribution in [0.4, 0.5) is 0 Å². The van der Waals surface area contributed by atoms with E-state index in [1.54, 1.807) is 0 Å². The van der Waals surface area contributed by atoms with Gasteiger partial charge in [-0.15, -0.1) is 0 Å². The first-order valence-corrected chi connectivity index (χ1v) is 10.8. The molecule has 0 radical (unpaired) electrons. The quantitative estimate of drug-likeness (QED) is 0.121. The molecule has 0 heterocycles. The van der Waals surface area contributed by atoms with Crippen LogP contribution in [-0.4, -0.2) is 50.9 Å². The molecule has 0 amide bonds. The molecule has 0 aliphatic carbocycles. The van der Waals surface area contributed by atoms with Crippen molar-refractivity contribution >= 4 is 31.5 Å². The zero-order valence-electron chi connectivity index (χ0n) is 18.9. The van der Waals surface area contributed by atoms with E-state index in [1.807, 2.05) is 0 Å². The van der Waals surface area contributed by atoms with E-state index >= 15 is 0 Å². The highest BCUT2D eigenvalue weighted by Gasteiger charge is 2.19. The van der Waals surface area contributed by atoms with Crippen LogP contribution in [0.25, 0.3) is 0 Å². The molecule has 0 saturated carbocycles. The van der Waals surface area contributed by atoms with E-state index in [0.717, 1.165) is 6.66 Å². The van der Waals surface area contributed by atoms with Crippen molar-refractivity contribution in [1.29, 1.82) is 0 Å². The predicted octanol–water partition coefficient (Wildman–Crippen LogP) is 4.45. The summed E-state index contributed by atoms with van der Waals surface area (Å²) in [5, 5.41) is 0. The summed E-state index contributed by atoms with van der Waals surface area (Å²) in [7, 11) is -3.48. The number of esters is 4. The highest BCUT2D eigenvalue weighted by Crippen LogP contribution is 2.43. The second-order valence-electron chi connectivity index (χ2n) is 6.23. The minimum atomic E-state index is -3.48. The Morgan fingerprint density at radius 1 is 0.559 bits per heavy atom. The second-order valence-corrected chi connectivity index (χ2v) is 8.29. The predicted molar refractivity (Wildman–Crippen MR) is 127 cm³/mol. The maximum Gasteiger partial charge on any atom is 0.335 e. The van der Waals surface area contributed by atoms with Crippen LogP contribution >= 0.6 is 7.60 Å². The molecule has 0 unspecified atom stereocenters. The van der Waals surface area contributed by atoms with Gasteiger partial charge in [0.05, 0.1) is 0 Å². The lowest BCUT2D eigenvalue weighted by molar-refractivity contribution is -0.161. The summed E-state index contributed by atoms with van der Waals surface area (Å²) >= 11 is 0. The van der Waals surface area contributed by atoms with Crippen LogP contribution in [0, 0.1) is 0 Å². The Bertz CT molecular complexity index is 750. The van der Waals surface area contributed by atoms with Crippen LogP contribution in [0.1, 0.15) is 42.5 Å². The van der Waals surface area contributed by atoms with Crippen molar-refractivity contribution in [1.82, 2.24) is 0 Å². The Hall–Kier alpha value is -3.01. The van der Waals surface area contributed by atoms with Gasteiger partial charge in [0.1, 0.15) is 0 Å². The first kappa shape index (κ1) is 38.3. The number of carbonyl (C=O) groups excluding carboxylic acids is 4. The molecular weight excluding hydrogens is 471 g/mol. The van der Waals surface area contributed by atoms with Gasteiger partial charge in [-0.05, 0) is 27.7 Å². The summed E-state index contributed by atoms with van der Waals surface area (Å²) in [5.74, 6) is -2.52. The minimum Gasteiger partial charge on any atom is -0.435 e. The SMILES string of the molecule is C.C.C=C(C)C(=O)OCOC(=O)C(=C)C.C=C(C)C(=O)OCOP(C)(=O)OCOC(=O)C(=C)C. The second kappa shape index (κ2) is 19.5. The summed E-state index contributed by atoms with van der Waals surface area (Å²) in [6, 6.07) is 0. The molecule has 0 spiro atoms. The Morgan fingerprint density at radius 2 is 0.765 bits per heavy atom. The lowest BCUT2D eigenvalue weighted by atomic mass is 10.4. The summed E-state index contributed by atoms with van der Waals surface area (Å²) < 4.78 is 39.2. The molecule has 0 aromatic heterocycles. The van der Waals surface area contributed by atoms with E-state index < -0.39 is 51.9 Å². The molecule has 0 aromatic carbocycles. The fourth-order valence-corrected chi connectivity index (χ4v) is 1.58. The summed E-state index contributed by atoms with van der Waals surface area (Å²) in [4.78, 5) is 43.5. The Labute approximate surface area is 201 Å². The molecule has 0 aromatic rings. The van der Waals surface area contributed by atoms with E-state index in [1.165, 1.54) is 27.7 Å². The molecule has 0 rings (SSSR count). The zero-order chi connectivity index (χ0) is 25.5. The van der Waals surface area contributed by atoms with E-state index in [4.69, 9.17) is 9.05 Å². The molecule has 0 aliphatic heterocycles. The number of hydrogen-bond donors (Lipinski definition) is 0. The van der Waals surface area contributed by atoms with Gasteiger partial charge in [-0.2, -0.15) is 0 Å². The van der Waals surface area contributed by atoms with Crippen molar-refractivity contribution in [2.45, 2.75) is 42.5 Å². The molecule has 0 atom stereocenters. The van der Waals surface area contributed by atoms with Gasteiger partial charge in [-0.3, -0.25) is 13.6 Å². The van der Waals surface area contributed by atoms with Crippen LogP contribution in [0.2, 0.25) is 0 Å². The van der Waals surface area contributed by atoms with Gasteiger partial charge in [0.2, 0.25) is 20.4 Å². The van der Waals surface area contributed by atoms with Gasteiger partial charge < -0.3 is 18.9 Å². The Balaban J connectivity index is -0.000000266. The molecule has 0 N–H and O–H groups in total. The van der Waals surface area contributed by atoms with Gasteiger partial charge >= 0.3 is 31.5 Å². The number of ether oxygens (including phenoxy) is 4. The normalized spacial score (nSPS) is 9.32. The Kier molecular flexibility index (Phi) is 21.9. The summed E-state index contributed by atoms with van der Waals surface area (Å²) in [5.41, 5.74) is 0.884. The summed E-state index contributed by atoms with van der Waals surface area (Å²) in [6.45, 7) is 19.0. The van der Waals surface area contributed by atoms with E-state index in [-0.39, 0.29) is 37.1 Å². The third kappa shape index (κ3) is 20.9. The standard InChI is InChI=1S/C11H17O7P.C9H12O4.2CH4/c1-8(2)10(12)15-6-17-19(5,14)18-7-16-11(13)9(3)4;1-6(2)8(10)12-5-13-9(11)7(3)4;;/h1,3,6-7H2,2,4-5H3;1,3,5H2,2,4H3;2*1H4. The highest BCUT2D eigenvalue weighted by molar-refractivity contribution is 7.52. The fourth-order valence-electron chi connectivity index (χ4n) is 1.02. The number of hydrogen-bond acceptors (Lipinski definition) is 11. The van der Waals surface area contributed by atoms with Crippen LogP contribution in [0.5, 0.6) is 0 Å². The highest BCUT2D eigenvalue weighted by atomic mass is 31.2. The van der Waals surface area contributed by atoms with Gasteiger partial charge in [-0.25, -0.2) is 19.2 Å². The lowest BCUT2D eigenvalue weighted by Crippen LogP contribution is -2.13. The van der Waals surface area contributed by atoms with E-state index in [0.29, 0.717) is 0 Å². The van der Waals surface area contributed by atoms with Crippen LogP contribution in [-0.2, 0) is 51.7 Å². The topological polar surface area (TPSA) is 141 Å². The van der Waals surface area contributed by atoms with Crippen LogP contribution in [0.15, 0.2) is 48.6 Å². The molecule has 34 heavy (non-hydrogen) atoms. The number of carbonyl (C=O) groups is 4. The average Bonchev–Trinajstić information content (AvgIpc) is 2.67. The van der Waals surface area contributed by atoms with Crippen LogP contribution < -0.4 is 0 Å². The van der Waals surface area contributed by atoms with Crippen LogP contribution in [0.3, 0.4) is 0 Å². The van der Waals surface area contributed by atoms with Gasteiger partial charge in [0.15, 0.2) is 0 Å². The van der Waals surface area contributed by atoms with Gasteiger partial charge in [0.25, 0.3) is 0 Å². The molecular formula is C22H37O11P. The Morgan fingerprint density at radius 3 is 0.971 bits per heavy atom. The summed E-state index contributed by atoms with van der Waals surface area (Å²) in [6.07, 6.45) is 0. The molecule has 0 saturated heterocycles. The maximum absolute atomic E-state index is 11.6. The zero-order valence-corrected chi connectivity index (χ0v) is 19.8.